The molecule has 0 aromatic rings. The normalized spacial score (nSPS) is 14.4. The van der Waals surface area contributed by atoms with Crippen LogP contribution >= 0.6 is 15.6 Å². The van der Waals surface area contributed by atoms with Crippen LogP contribution in [0.1, 0.15) is 383 Å². The molecule has 0 rings (SSSR count). The van der Waals surface area contributed by atoms with Gasteiger partial charge in [0.2, 0.25) is 0 Å². The molecule has 0 aliphatic carbocycles. The molecule has 6 atom stereocenters. The van der Waals surface area contributed by atoms with Crippen LogP contribution in [-0.4, -0.2) is 96.7 Å². The van der Waals surface area contributed by atoms with E-state index in [1.807, 2.05) is 0 Å². The van der Waals surface area contributed by atoms with Crippen LogP contribution in [0, 0.1) is 23.7 Å². The number of aliphatic hydroxyl groups excluding tert-OH is 1. The number of carbonyl (C=O) groups excluding carboxylic acids is 4. The van der Waals surface area contributed by atoms with E-state index in [1.165, 1.54) is 180 Å². The molecular weight excluding hydrogens is 1250 g/mol. The zero-order valence-corrected chi connectivity index (χ0v) is 64.1. The highest BCUT2D eigenvalue weighted by atomic mass is 31.2. The van der Waals surface area contributed by atoms with Crippen LogP contribution in [0.25, 0.3) is 0 Å². The molecule has 19 heteroatoms. The van der Waals surface area contributed by atoms with Crippen LogP contribution in [-0.2, 0) is 65.4 Å². The number of carbonyl (C=O) groups is 4. The second-order valence-corrected chi connectivity index (χ2v) is 32.0. The van der Waals surface area contributed by atoms with Crippen LogP contribution < -0.4 is 0 Å². The molecule has 0 spiro atoms. The molecule has 0 amide bonds. The third kappa shape index (κ3) is 69.0. The molecule has 0 aromatic heterocycles. The van der Waals surface area contributed by atoms with Crippen LogP contribution in [0.4, 0.5) is 0 Å². The zero-order valence-electron chi connectivity index (χ0n) is 62.3. The summed E-state index contributed by atoms with van der Waals surface area (Å²) in [6.07, 6.45) is 50.3. The second-order valence-electron chi connectivity index (χ2n) is 29.1. The minimum Gasteiger partial charge on any atom is -0.462 e. The average molecular weight is 1400 g/mol. The monoisotopic (exact) mass is 1400 g/mol. The van der Waals surface area contributed by atoms with Crippen molar-refractivity contribution in [2.24, 2.45) is 23.7 Å². The first kappa shape index (κ1) is 93.1. The van der Waals surface area contributed by atoms with Crippen LogP contribution in [0.15, 0.2) is 0 Å². The minimum absolute atomic E-state index is 0.103. The lowest BCUT2D eigenvalue weighted by molar-refractivity contribution is -0.161. The Bertz CT molecular complexity index is 1870. The highest BCUT2D eigenvalue weighted by molar-refractivity contribution is 7.47. The number of esters is 4. The van der Waals surface area contributed by atoms with Gasteiger partial charge >= 0.3 is 39.5 Å². The predicted molar refractivity (Wildman–Crippen MR) is 386 cm³/mol. The third-order valence-electron chi connectivity index (χ3n) is 17.9. The van der Waals surface area contributed by atoms with Crippen molar-refractivity contribution in [3.05, 3.63) is 0 Å². The number of phosphoric ester groups is 2. The first-order valence-corrected chi connectivity index (χ1v) is 42.2. The fraction of sp³-hybridized carbons (Fsp3) is 0.947. The largest absolute Gasteiger partial charge is 0.472 e. The smallest absolute Gasteiger partial charge is 0.462 e. The fourth-order valence-electron chi connectivity index (χ4n) is 11.5. The molecule has 0 aliphatic rings. The van der Waals surface area contributed by atoms with Gasteiger partial charge in [0.25, 0.3) is 0 Å². The molecule has 0 aromatic carbocycles. The first-order chi connectivity index (χ1) is 45.6. The molecule has 3 N–H and O–H groups in total. The summed E-state index contributed by atoms with van der Waals surface area (Å²) in [6.45, 7) is 14.1. The van der Waals surface area contributed by atoms with Gasteiger partial charge in [0.1, 0.15) is 19.3 Å². The van der Waals surface area contributed by atoms with E-state index in [0.29, 0.717) is 31.6 Å². The van der Waals surface area contributed by atoms with Gasteiger partial charge in [0.05, 0.1) is 26.4 Å². The zero-order chi connectivity index (χ0) is 70.3. The summed E-state index contributed by atoms with van der Waals surface area (Å²) in [6, 6.07) is 0. The van der Waals surface area contributed by atoms with E-state index in [4.69, 9.17) is 37.0 Å². The van der Waals surface area contributed by atoms with Crippen LogP contribution in [0.3, 0.4) is 0 Å². The predicted octanol–water partition coefficient (Wildman–Crippen LogP) is 22.0. The lowest BCUT2D eigenvalue weighted by Crippen LogP contribution is -2.30. The molecule has 0 bridgehead atoms. The van der Waals surface area contributed by atoms with Crippen molar-refractivity contribution < 1.29 is 80.2 Å². The summed E-state index contributed by atoms with van der Waals surface area (Å²) in [5, 5.41) is 10.6. The van der Waals surface area contributed by atoms with Gasteiger partial charge in [-0.3, -0.25) is 37.3 Å². The summed E-state index contributed by atoms with van der Waals surface area (Å²) >= 11 is 0. The maximum Gasteiger partial charge on any atom is 0.472 e. The first-order valence-electron chi connectivity index (χ1n) is 39.2. The highest BCUT2D eigenvalue weighted by Gasteiger charge is 2.30. The number of rotatable bonds is 73. The Balaban J connectivity index is 5.16. The Morgan fingerprint density at radius 2 is 0.505 bits per heavy atom. The van der Waals surface area contributed by atoms with Gasteiger partial charge in [-0.25, -0.2) is 9.13 Å². The Morgan fingerprint density at radius 3 is 0.747 bits per heavy atom. The Labute approximate surface area is 581 Å². The van der Waals surface area contributed by atoms with Crippen molar-refractivity contribution >= 4 is 39.5 Å². The van der Waals surface area contributed by atoms with Gasteiger partial charge in [-0.2, -0.15) is 0 Å². The van der Waals surface area contributed by atoms with Crippen LogP contribution in [0.5, 0.6) is 0 Å². The average Bonchev–Trinajstić information content (AvgIpc) is 1.44. The quantitative estimate of drug-likeness (QED) is 0.0222. The standard InChI is InChI=1S/C76H148O17P2/c1-9-69(8)55-47-39-33-35-43-51-59-76(81)93-72(62-86-73(78)56-48-40-30-26-22-18-15-14-17-21-25-29-37-45-53-67(4)5)65-91-95(84,85)89-61-70(77)60-88-94(82,83)90-64-71(63-87-74(79)57-49-41-34-32-38-46-54-68(6)7)92-75(80)58-50-42-31-27-23-19-13-11-10-12-16-20-24-28-36-44-52-66(2)3/h66-72,77H,9-65H2,1-8H3,(H,82,83)(H,84,85)/t69?,70?,71-,72-/m1/s1. The Morgan fingerprint density at radius 1 is 0.295 bits per heavy atom. The minimum atomic E-state index is -4.96. The molecule has 0 radical (unpaired) electrons. The number of ether oxygens (including phenoxy) is 4. The van der Waals surface area contributed by atoms with E-state index in [0.717, 1.165) is 114 Å². The molecule has 17 nitrogen and oxygen atoms in total. The summed E-state index contributed by atoms with van der Waals surface area (Å²) in [5.41, 5.74) is 0. The summed E-state index contributed by atoms with van der Waals surface area (Å²) in [7, 11) is -9.91. The van der Waals surface area contributed by atoms with E-state index < -0.39 is 97.5 Å². The van der Waals surface area contributed by atoms with Gasteiger partial charge in [0.15, 0.2) is 12.2 Å². The van der Waals surface area contributed by atoms with E-state index in [2.05, 4.69) is 55.4 Å². The summed E-state index contributed by atoms with van der Waals surface area (Å²) < 4.78 is 68.4. The topological polar surface area (TPSA) is 237 Å². The molecule has 564 valence electrons. The Hall–Kier alpha value is -1.94. The van der Waals surface area contributed by atoms with Gasteiger partial charge in [0, 0.05) is 25.7 Å². The second kappa shape index (κ2) is 65.4. The lowest BCUT2D eigenvalue weighted by atomic mass is 10.00. The SMILES string of the molecule is CCC(C)CCCCCCCCC(=O)O[C@H](COC(=O)CCCCCCCCCCCCCCCCC(C)C)COP(=O)(O)OCC(O)COP(=O)(O)OC[C@@H](COC(=O)CCCCCCCCC(C)C)OC(=O)CCCCCCCCCCCCCCCCCCC(C)C. The van der Waals surface area contributed by atoms with Gasteiger partial charge in [-0.15, -0.1) is 0 Å². The molecule has 0 fully saturated rings. The molecule has 95 heavy (non-hydrogen) atoms. The number of unbranched alkanes of at least 4 members (excludes halogenated alkanes) is 38. The molecule has 4 unspecified atom stereocenters. The number of hydrogen-bond donors (Lipinski definition) is 3. The molecule has 0 aliphatic heterocycles. The molecular formula is C76H148O17P2. The van der Waals surface area contributed by atoms with E-state index in [1.54, 1.807) is 0 Å². The van der Waals surface area contributed by atoms with Crippen molar-refractivity contribution in [3.63, 3.8) is 0 Å². The molecule has 0 saturated heterocycles. The van der Waals surface area contributed by atoms with Crippen molar-refractivity contribution in [2.45, 2.75) is 401 Å². The third-order valence-corrected chi connectivity index (χ3v) is 19.8. The van der Waals surface area contributed by atoms with Crippen molar-refractivity contribution in [1.29, 1.82) is 0 Å². The lowest BCUT2D eigenvalue weighted by Gasteiger charge is -2.21. The number of hydrogen-bond acceptors (Lipinski definition) is 15. The van der Waals surface area contributed by atoms with E-state index in [-0.39, 0.29) is 25.7 Å². The maximum atomic E-state index is 13.0. The summed E-state index contributed by atoms with van der Waals surface area (Å²) in [5.74, 6) is 0.882. The van der Waals surface area contributed by atoms with Gasteiger partial charge in [-0.1, -0.05) is 331 Å². The van der Waals surface area contributed by atoms with Crippen molar-refractivity contribution in [1.82, 2.24) is 0 Å². The van der Waals surface area contributed by atoms with Crippen LogP contribution in [0.2, 0.25) is 0 Å². The number of aliphatic hydroxyl groups is 1. The Kier molecular flexibility index (Phi) is 64.0. The van der Waals surface area contributed by atoms with E-state index in [9.17, 15) is 43.2 Å². The fourth-order valence-corrected chi connectivity index (χ4v) is 13.1. The van der Waals surface area contributed by atoms with Gasteiger partial charge in [-0.05, 0) is 49.4 Å². The van der Waals surface area contributed by atoms with Gasteiger partial charge < -0.3 is 33.8 Å². The highest BCUT2D eigenvalue weighted by Crippen LogP contribution is 2.45. The maximum absolute atomic E-state index is 13.0. The molecule has 0 saturated carbocycles. The van der Waals surface area contributed by atoms with Crippen molar-refractivity contribution in [3.8, 4) is 0 Å². The van der Waals surface area contributed by atoms with E-state index >= 15 is 0 Å². The molecule has 0 heterocycles. The summed E-state index contributed by atoms with van der Waals surface area (Å²) in [4.78, 5) is 72.7. The van der Waals surface area contributed by atoms with Crippen molar-refractivity contribution in [2.75, 3.05) is 39.6 Å². The number of phosphoric acid groups is 2.